The quantitative estimate of drug-likeness (QED) is 0.713. The highest BCUT2D eigenvalue weighted by atomic mass is 35.5. The second-order valence-corrected chi connectivity index (χ2v) is 9.85. The Morgan fingerprint density at radius 2 is 1.66 bits per heavy atom. The molecule has 4 rings (SSSR count). The van der Waals surface area contributed by atoms with E-state index in [1.807, 2.05) is 34.1 Å². The maximum absolute atomic E-state index is 12.9. The van der Waals surface area contributed by atoms with Crippen molar-refractivity contribution in [3.05, 3.63) is 58.1 Å². The van der Waals surface area contributed by atoms with E-state index in [9.17, 15) is 13.2 Å². The largest absolute Gasteiger partial charge is 0.311 e. The summed E-state index contributed by atoms with van der Waals surface area (Å²) in [5, 5.41) is 0.252. The molecule has 9 heteroatoms. The van der Waals surface area contributed by atoms with E-state index in [-0.39, 0.29) is 27.4 Å². The van der Waals surface area contributed by atoms with Gasteiger partial charge in [-0.1, -0.05) is 47.5 Å². The number of carbonyl (C=O) groups is 1. The van der Waals surface area contributed by atoms with E-state index in [1.54, 1.807) is 12.1 Å². The molecule has 0 radical (unpaired) electrons. The molecule has 154 valence electrons. The van der Waals surface area contributed by atoms with Crippen molar-refractivity contribution >= 4 is 44.8 Å². The molecule has 29 heavy (non-hydrogen) atoms. The van der Waals surface area contributed by atoms with Gasteiger partial charge < -0.3 is 4.90 Å². The normalized spacial score (nSPS) is 18.1. The number of benzene rings is 2. The number of rotatable bonds is 4. The summed E-state index contributed by atoms with van der Waals surface area (Å²) in [5.74, 6) is 0.0455. The van der Waals surface area contributed by atoms with Crippen molar-refractivity contribution in [3.8, 4) is 0 Å². The number of carbonyl (C=O) groups excluding carboxylic acids is 1. The van der Waals surface area contributed by atoms with Gasteiger partial charge in [0.2, 0.25) is 15.9 Å². The fourth-order valence-electron chi connectivity index (χ4n) is 3.82. The highest BCUT2D eigenvalue weighted by Gasteiger charge is 2.32. The van der Waals surface area contributed by atoms with Gasteiger partial charge in [-0.2, -0.15) is 4.31 Å². The van der Waals surface area contributed by atoms with Gasteiger partial charge in [0.1, 0.15) is 4.90 Å². The minimum atomic E-state index is -3.73. The lowest BCUT2D eigenvalue weighted by Crippen LogP contribution is -2.51. The van der Waals surface area contributed by atoms with E-state index in [0.717, 1.165) is 12.1 Å². The van der Waals surface area contributed by atoms with Crippen LogP contribution in [0.3, 0.4) is 0 Å². The van der Waals surface area contributed by atoms with Crippen LogP contribution >= 0.6 is 23.2 Å². The summed E-state index contributed by atoms with van der Waals surface area (Å²) in [6.07, 6.45) is 0.869. The maximum atomic E-state index is 12.9. The third kappa shape index (κ3) is 4.02. The topological polar surface area (TPSA) is 60.9 Å². The van der Waals surface area contributed by atoms with Gasteiger partial charge in [0.05, 0.1) is 16.6 Å². The van der Waals surface area contributed by atoms with Crippen molar-refractivity contribution in [2.75, 3.05) is 44.2 Å². The smallest absolute Gasteiger partial charge is 0.244 e. The van der Waals surface area contributed by atoms with Crippen LogP contribution in [0.15, 0.2) is 47.4 Å². The number of sulfonamides is 1. The highest BCUT2D eigenvalue weighted by molar-refractivity contribution is 7.89. The molecule has 0 spiro atoms. The lowest BCUT2D eigenvalue weighted by molar-refractivity contribution is -0.119. The summed E-state index contributed by atoms with van der Waals surface area (Å²) in [6.45, 7) is 2.54. The van der Waals surface area contributed by atoms with E-state index in [0.29, 0.717) is 32.7 Å². The van der Waals surface area contributed by atoms with Crippen LogP contribution in [0.25, 0.3) is 0 Å². The second kappa shape index (κ2) is 8.24. The second-order valence-electron chi connectivity index (χ2n) is 7.16. The number of hydrogen-bond acceptors (Lipinski definition) is 4. The molecule has 0 saturated carbocycles. The number of anilines is 1. The summed E-state index contributed by atoms with van der Waals surface area (Å²) in [4.78, 5) is 16.6. The Bertz CT molecular complexity index is 1040. The minimum Gasteiger partial charge on any atom is -0.311 e. The van der Waals surface area contributed by atoms with Crippen LogP contribution in [-0.4, -0.2) is 62.8 Å². The Balaban J connectivity index is 1.39. The predicted octanol–water partition coefficient (Wildman–Crippen LogP) is 2.89. The van der Waals surface area contributed by atoms with Crippen molar-refractivity contribution in [1.82, 2.24) is 9.21 Å². The van der Waals surface area contributed by atoms with Gasteiger partial charge in [-0.15, -0.1) is 0 Å². The lowest BCUT2D eigenvalue weighted by Gasteiger charge is -2.34. The van der Waals surface area contributed by atoms with Crippen molar-refractivity contribution in [2.45, 2.75) is 11.3 Å². The molecule has 2 heterocycles. The van der Waals surface area contributed by atoms with Gasteiger partial charge >= 0.3 is 0 Å². The van der Waals surface area contributed by atoms with E-state index < -0.39 is 10.0 Å². The van der Waals surface area contributed by atoms with Crippen molar-refractivity contribution in [1.29, 1.82) is 0 Å². The molecule has 1 saturated heterocycles. The van der Waals surface area contributed by atoms with Gasteiger partial charge in [0.15, 0.2) is 0 Å². The van der Waals surface area contributed by atoms with Crippen LogP contribution in [0, 0.1) is 0 Å². The Morgan fingerprint density at radius 3 is 2.41 bits per heavy atom. The van der Waals surface area contributed by atoms with Crippen LogP contribution < -0.4 is 4.90 Å². The molecule has 0 atom stereocenters. The van der Waals surface area contributed by atoms with Crippen LogP contribution in [0.4, 0.5) is 5.69 Å². The Morgan fingerprint density at radius 1 is 0.931 bits per heavy atom. The molecular weight excluding hydrogens is 433 g/mol. The summed E-state index contributed by atoms with van der Waals surface area (Å²) in [6, 6.07) is 12.5. The first kappa shape index (κ1) is 20.6. The SMILES string of the molecule is O=C(CN1CCN(S(=O)(=O)c2cccc(Cl)c2Cl)CC1)N1CCc2ccccc21. The highest BCUT2D eigenvalue weighted by Crippen LogP contribution is 2.31. The molecule has 1 fully saturated rings. The first-order valence-electron chi connectivity index (χ1n) is 9.43. The summed E-state index contributed by atoms with van der Waals surface area (Å²) >= 11 is 12.1. The third-order valence-corrected chi connectivity index (χ3v) is 8.28. The van der Waals surface area contributed by atoms with Gasteiger partial charge in [-0.25, -0.2) is 8.42 Å². The van der Waals surface area contributed by atoms with Gasteiger partial charge in [0.25, 0.3) is 0 Å². The number of piperazine rings is 1. The monoisotopic (exact) mass is 453 g/mol. The van der Waals surface area contributed by atoms with Crippen molar-refractivity contribution in [3.63, 3.8) is 0 Å². The molecule has 0 N–H and O–H groups in total. The molecule has 2 aromatic carbocycles. The van der Waals surface area contributed by atoms with E-state index in [1.165, 1.54) is 15.9 Å². The summed E-state index contributed by atoms with van der Waals surface area (Å²) in [7, 11) is -3.73. The average Bonchev–Trinajstić information content (AvgIpc) is 3.14. The van der Waals surface area contributed by atoms with Crippen molar-refractivity contribution in [2.24, 2.45) is 0 Å². The Kier molecular flexibility index (Phi) is 5.86. The number of para-hydroxylation sites is 1. The molecule has 0 unspecified atom stereocenters. The standard InChI is InChI=1S/C20H21Cl2N3O3S/c21-16-5-3-7-18(20(16)22)29(27,28)24-12-10-23(11-13-24)14-19(26)25-9-8-15-4-1-2-6-17(15)25/h1-7H,8-14H2. The molecule has 2 aliphatic heterocycles. The first-order chi connectivity index (χ1) is 13.9. The fourth-order valence-corrected chi connectivity index (χ4v) is 5.98. The van der Waals surface area contributed by atoms with Gasteiger partial charge in [0, 0.05) is 38.4 Å². The molecule has 6 nitrogen and oxygen atoms in total. The lowest BCUT2D eigenvalue weighted by atomic mass is 10.2. The predicted molar refractivity (Wildman–Crippen MR) is 114 cm³/mol. The van der Waals surface area contributed by atoms with Crippen molar-refractivity contribution < 1.29 is 13.2 Å². The van der Waals surface area contributed by atoms with Crippen LogP contribution in [0.5, 0.6) is 0 Å². The number of nitrogens with zero attached hydrogens (tertiary/aromatic N) is 3. The molecule has 1 amide bonds. The molecule has 2 aliphatic rings. The van der Waals surface area contributed by atoms with Crippen LogP contribution in [0.1, 0.15) is 5.56 Å². The number of hydrogen-bond donors (Lipinski definition) is 0. The Labute approximate surface area is 180 Å². The van der Waals surface area contributed by atoms with Gasteiger partial charge in [-0.05, 0) is 30.2 Å². The molecular formula is C20H21Cl2N3O3S. The van der Waals surface area contributed by atoms with Crippen LogP contribution in [-0.2, 0) is 21.2 Å². The summed E-state index contributed by atoms with van der Waals surface area (Å²) < 4.78 is 27.2. The number of fused-ring (bicyclic) bond motifs is 1. The molecule has 2 aromatic rings. The number of halogens is 2. The van der Waals surface area contributed by atoms with E-state index in [4.69, 9.17) is 23.2 Å². The third-order valence-electron chi connectivity index (χ3n) is 5.41. The Hall–Kier alpha value is -1.64. The first-order valence-corrected chi connectivity index (χ1v) is 11.6. The molecule has 0 aromatic heterocycles. The minimum absolute atomic E-state index is 0.0184. The zero-order chi connectivity index (χ0) is 20.6. The number of amides is 1. The molecule has 0 aliphatic carbocycles. The van der Waals surface area contributed by atoms with Gasteiger partial charge in [-0.3, -0.25) is 9.69 Å². The summed E-state index contributed by atoms with van der Waals surface area (Å²) in [5.41, 5.74) is 2.17. The fraction of sp³-hybridized carbons (Fsp3) is 0.350. The maximum Gasteiger partial charge on any atom is 0.244 e. The molecule has 0 bridgehead atoms. The zero-order valence-electron chi connectivity index (χ0n) is 15.7. The van der Waals surface area contributed by atoms with E-state index >= 15 is 0 Å². The van der Waals surface area contributed by atoms with Crippen LogP contribution in [0.2, 0.25) is 10.0 Å². The zero-order valence-corrected chi connectivity index (χ0v) is 18.1. The van der Waals surface area contributed by atoms with E-state index in [2.05, 4.69) is 0 Å². The average molecular weight is 454 g/mol.